The molecule has 0 aliphatic carbocycles. The Morgan fingerprint density at radius 2 is 2.10 bits per heavy atom. The molecule has 0 aliphatic rings. The number of aromatic nitrogens is 2. The molecule has 0 atom stereocenters. The van der Waals surface area contributed by atoms with E-state index in [1.165, 1.54) is 7.11 Å². The first-order chi connectivity index (χ1) is 9.76. The number of benzene rings is 1. The number of ether oxygens (including phenoxy) is 2. The highest BCUT2D eigenvalue weighted by Gasteiger charge is 2.06. The molecular weight excluding hydrogens is 256 g/mol. The van der Waals surface area contributed by atoms with Crippen LogP contribution in [0.5, 0.6) is 11.5 Å². The summed E-state index contributed by atoms with van der Waals surface area (Å²) in [6, 6.07) is 7.06. The van der Waals surface area contributed by atoms with Crippen LogP contribution in [0.4, 0.5) is 5.82 Å². The van der Waals surface area contributed by atoms with E-state index in [1.54, 1.807) is 37.6 Å². The third-order valence-corrected chi connectivity index (χ3v) is 2.63. The van der Waals surface area contributed by atoms with E-state index >= 15 is 0 Å². The van der Waals surface area contributed by atoms with Gasteiger partial charge in [0.1, 0.15) is 12.4 Å². The standard InChI is InChI=1S/C14H14N4O2/c1-16-14-8-17-11(7-18-14)9-20-12-4-3-10(6-15)5-13(12)19-2/h3-5,7-8H,9H2,1-2H3,(H,16,18). The first-order valence-corrected chi connectivity index (χ1v) is 5.96. The topological polar surface area (TPSA) is 80.1 Å². The van der Waals surface area contributed by atoms with Crippen molar-refractivity contribution in [1.82, 2.24) is 9.97 Å². The van der Waals surface area contributed by atoms with Crippen molar-refractivity contribution in [3.05, 3.63) is 41.9 Å². The number of hydrogen-bond acceptors (Lipinski definition) is 6. The molecule has 0 aliphatic heterocycles. The van der Waals surface area contributed by atoms with Crippen molar-refractivity contribution >= 4 is 5.82 Å². The molecule has 6 heteroatoms. The summed E-state index contributed by atoms with van der Waals surface area (Å²) < 4.78 is 10.8. The van der Waals surface area contributed by atoms with Crippen molar-refractivity contribution in [3.63, 3.8) is 0 Å². The van der Waals surface area contributed by atoms with E-state index in [9.17, 15) is 0 Å². The van der Waals surface area contributed by atoms with E-state index in [0.717, 1.165) is 0 Å². The minimum atomic E-state index is 0.277. The SMILES string of the molecule is CNc1cnc(COc2ccc(C#N)cc2OC)cn1. The van der Waals surface area contributed by atoms with Crippen LogP contribution in [0, 0.1) is 11.3 Å². The fraction of sp³-hybridized carbons (Fsp3) is 0.214. The Kier molecular flexibility index (Phi) is 4.35. The van der Waals surface area contributed by atoms with Crippen molar-refractivity contribution in [1.29, 1.82) is 5.26 Å². The molecule has 0 bridgehead atoms. The largest absolute Gasteiger partial charge is 0.493 e. The van der Waals surface area contributed by atoms with Crippen LogP contribution in [0.25, 0.3) is 0 Å². The van der Waals surface area contributed by atoms with Gasteiger partial charge in [0.2, 0.25) is 0 Å². The molecule has 0 spiro atoms. The van der Waals surface area contributed by atoms with Gasteiger partial charge in [-0.1, -0.05) is 0 Å². The Morgan fingerprint density at radius 1 is 1.25 bits per heavy atom. The lowest BCUT2D eigenvalue weighted by Crippen LogP contribution is -2.02. The van der Waals surface area contributed by atoms with Gasteiger partial charge < -0.3 is 14.8 Å². The third kappa shape index (κ3) is 3.14. The van der Waals surface area contributed by atoms with Gasteiger partial charge in [0, 0.05) is 13.1 Å². The summed E-state index contributed by atoms with van der Waals surface area (Å²) in [4.78, 5) is 8.36. The maximum absolute atomic E-state index is 8.84. The zero-order chi connectivity index (χ0) is 14.4. The van der Waals surface area contributed by atoms with E-state index in [0.29, 0.717) is 28.6 Å². The molecule has 2 aromatic rings. The average Bonchev–Trinajstić information content (AvgIpc) is 2.53. The smallest absolute Gasteiger partial charge is 0.162 e. The summed E-state index contributed by atoms with van der Waals surface area (Å²) in [7, 11) is 3.31. The van der Waals surface area contributed by atoms with E-state index in [2.05, 4.69) is 21.4 Å². The molecule has 6 nitrogen and oxygen atoms in total. The van der Waals surface area contributed by atoms with Gasteiger partial charge in [-0.25, -0.2) is 4.98 Å². The van der Waals surface area contributed by atoms with Crippen molar-refractivity contribution in [2.24, 2.45) is 0 Å². The van der Waals surface area contributed by atoms with E-state index in [-0.39, 0.29) is 6.61 Å². The average molecular weight is 270 g/mol. The monoisotopic (exact) mass is 270 g/mol. The molecule has 1 aromatic heterocycles. The predicted molar refractivity (Wildman–Crippen MR) is 73.6 cm³/mol. The Labute approximate surface area is 117 Å². The second-order valence-corrected chi connectivity index (χ2v) is 3.91. The van der Waals surface area contributed by atoms with Crippen LogP contribution in [-0.2, 0) is 6.61 Å². The van der Waals surface area contributed by atoms with Crippen LogP contribution in [0.3, 0.4) is 0 Å². The molecule has 1 N–H and O–H groups in total. The van der Waals surface area contributed by atoms with Gasteiger partial charge in [0.25, 0.3) is 0 Å². The first kappa shape index (κ1) is 13.6. The second-order valence-electron chi connectivity index (χ2n) is 3.91. The normalized spacial score (nSPS) is 9.65. The van der Waals surface area contributed by atoms with Crippen LogP contribution >= 0.6 is 0 Å². The molecule has 0 saturated carbocycles. The molecule has 20 heavy (non-hydrogen) atoms. The van der Waals surface area contributed by atoms with Crippen LogP contribution in [-0.4, -0.2) is 24.1 Å². The molecule has 0 amide bonds. The van der Waals surface area contributed by atoms with E-state index in [4.69, 9.17) is 14.7 Å². The van der Waals surface area contributed by atoms with Crippen molar-refractivity contribution in [2.45, 2.75) is 6.61 Å². The summed E-state index contributed by atoms with van der Waals surface area (Å²) in [6.07, 6.45) is 3.27. The summed E-state index contributed by atoms with van der Waals surface area (Å²) in [5.74, 6) is 1.78. The molecule has 0 unspecified atom stereocenters. The van der Waals surface area contributed by atoms with Gasteiger partial charge in [0.05, 0.1) is 36.8 Å². The summed E-state index contributed by atoms with van der Waals surface area (Å²) >= 11 is 0. The number of methoxy groups -OCH3 is 1. The van der Waals surface area contributed by atoms with Gasteiger partial charge in [-0.3, -0.25) is 4.98 Å². The predicted octanol–water partition coefficient (Wildman–Crippen LogP) is 1.98. The Balaban J connectivity index is 2.08. The number of nitriles is 1. The maximum atomic E-state index is 8.84. The number of hydrogen-bond donors (Lipinski definition) is 1. The fourth-order valence-electron chi connectivity index (χ4n) is 1.57. The van der Waals surface area contributed by atoms with Crippen molar-refractivity contribution < 1.29 is 9.47 Å². The van der Waals surface area contributed by atoms with Crippen LogP contribution in [0.1, 0.15) is 11.3 Å². The number of nitrogens with zero attached hydrogens (tertiary/aromatic N) is 3. The highest BCUT2D eigenvalue weighted by molar-refractivity contribution is 5.46. The van der Waals surface area contributed by atoms with Gasteiger partial charge in [-0.15, -0.1) is 0 Å². The number of nitrogens with one attached hydrogen (secondary N) is 1. The minimum Gasteiger partial charge on any atom is -0.493 e. The van der Waals surface area contributed by atoms with Gasteiger partial charge >= 0.3 is 0 Å². The molecular formula is C14H14N4O2. The Morgan fingerprint density at radius 3 is 2.70 bits per heavy atom. The lowest BCUT2D eigenvalue weighted by molar-refractivity contribution is 0.280. The minimum absolute atomic E-state index is 0.277. The van der Waals surface area contributed by atoms with Crippen molar-refractivity contribution in [2.75, 3.05) is 19.5 Å². The molecule has 0 saturated heterocycles. The highest BCUT2D eigenvalue weighted by atomic mass is 16.5. The third-order valence-electron chi connectivity index (χ3n) is 2.63. The molecule has 0 radical (unpaired) electrons. The van der Waals surface area contributed by atoms with Crippen LogP contribution in [0.15, 0.2) is 30.6 Å². The summed E-state index contributed by atoms with van der Waals surface area (Å²) in [6.45, 7) is 0.277. The van der Waals surface area contributed by atoms with Gasteiger partial charge in [-0.2, -0.15) is 5.26 Å². The number of rotatable bonds is 5. The molecule has 1 aromatic carbocycles. The van der Waals surface area contributed by atoms with Crippen LogP contribution in [0.2, 0.25) is 0 Å². The lowest BCUT2D eigenvalue weighted by atomic mass is 10.2. The summed E-state index contributed by atoms with van der Waals surface area (Å²) in [5, 5.41) is 11.7. The molecule has 102 valence electrons. The van der Waals surface area contributed by atoms with Gasteiger partial charge in [-0.05, 0) is 12.1 Å². The quantitative estimate of drug-likeness (QED) is 0.894. The summed E-state index contributed by atoms with van der Waals surface area (Å²) in [5.41, 5.74) is 1.22. The zero-order valence-electron chi connectivity index (χ0n) is 11.3. The lowest BCUT2D eigenvalue weighted by Gasteiger charge is -2.10. The molecule has 0 fully saturated rings. The Hall–Kier alpha value is -2.81. The molecule has 2 rings (SSSR count). The van der Waals surface area contributed by atoms with Crippen LogP contribution < -0.4 is 14.8 Å². The maximum Gasteiger partial charge on any atom is 0.162 e. The first-order valence-electron chi connectivity index (χ1n) is 5.96. The van der Waals surface area contributed by atoms with E-state index in [1.807, 2.05) is 0 Å². The fourth-order valence-corrected chi connectivity index (χ4v) is 1.57. The molecule has 1 heterocycles. The van der Waals surface area contributed by atoms with Gasteiger partial charge in [0.15, 0.2) is 11.5 Å². The Bertz CT molecular complexity index is 620. The van der Waals surface area contributed by atoms with Crippen molar-refractivity contribution in [3.8, 4) is 17.6 Å². The number of anilines is 1. The second kappa shape index (κ2) is 6.38. The highest BCUT2D eigenvalue weighted by Crippen LogP contribution is 2.28. The zero-order valence-corrected chi connectivity index (χ0v) is 11.3. The van der Waals surface area contributed by atoms with E-state index < -0.39 is 0 Å².